The molecule has 0 aromatic rings. The van der Waals surface area contributed by atoms with E-state index >= 15 is 0 Å². The van der Waals surface area contributed by atoms with Crippen molar-refractivity contribution < 1.29 is 4.74 Å². The first-order valence-electron chi connectivity index (χ1n) is 7.98. The molecule has 0 bridgehead atoms. The van der Waals surface area contributed by atoms with Crippen molar-refractivity contribution in [2.75, 3.05) is 19.8 Å². The van der Waals surface area contributed by atoms with Gasteiger partial charge >= 0.3 is 0 Å². The van der Waals surface area contributed by atoms with E-state index in [2.05, 4.69) is 26.1 Å². The molecule has 2 heteroatoms. The van der Waals surface area contributed by atoms with Crippen molar-refractivity contribution in [1.82, 2.24) is 5.32 Å². The molecule has 1 aliphatic carbocycles. The van der Waals surface area contributed by atoms with Crippen molar-refractivity contribution in [3.05, 3.63) is 0 Å². The summed E-state index contributed by atoms with van der Waals surface area (Å²) >= 11 is 0. The maximum atomic E-state index is 5.72. The zero-order chi connectivity index (χ0) is 13.0. The van der Waals surface area contributed by atoms with Gasteiger partial charge in [-0.05, 0) is 55.9 Å². The van der Waals surface area contributed by atoms with Crippen LogP contribution in [-0.2, 0) is 4.74 Å². The van der Waals surface area contributed by atoms with Gasteiger partial charge < -0.3 is 10.1 Å². The number of ether oxygens (including phenoxy) is 1. The number of rotatable bonds is 4. The monoisotopic (exact) mass is 253 g/mol. The molecule has 2 fully saturated rings. The maximum absolute atomic E-state index is 5.72. The molecule has 0 spiro atoms. The SMILES string of the molecule is CC1CCC(CNC(C)C)C(C2CCCOC2)C1. The van der Waals surface area contributed by atoms with E-state index in [4.69, 9.17) is 4.74 Å². The van der Waals surface area contributed by atoms with Crippen molar-refractivity contribution in [1.29, 1.82) is 0 Å². The zero-order valence-corrected chi connectivity index (χ0v) is 12.5. The lowest BCUT2D eigenvalue weighted by molar-refractivity contribution is -0.00160. The van der Waals surface area contributed by atoms with E-state index in [1.807, 2.05) is 0 Å². The fraction of sp³-hybridized carbons (Fsp3) is 1.00. The molecule has 4 unspecified atom stereocenters. The molecule has 4 atom stereocenters. The van der Waals surface area contributed by atoms with Crippen molar-refractivity contribution >= 4 is 0 Å². The second kappa shape index (κ2) is 6.91. The van der Waals surface area contributed by atoms with Crippen LogP contribution in [0.25, 0.3) is 0 Å². The average Bonchev–Trinajstić information content (AvgIpc) is 2.38. The summed E-state index contributed by atoms with van der Waals surface area (Å²) in [7, 11) is 0. The summed E-state index contributed by atoms with van der Waals surface area (Å²) in [6.07, 6.45) is 6.95. The van der Waals surface area contributed by atoms with Crippen LogP contribution in [0.1, 0.15) is 52.9 Å². The van der Waals surface area contributed by atoms with Gasteiger partial charge in [0.1, 0.15) is 0 Å². The number of nitrogens with one attached hydrogen (secondary N) is 1. The molecule has 1 saturated carbocycles. The van der Waals surface area contributed by atoms with Crippen LogP contribution >= 0.6 is 0 Å². The second-order valence-corrected chi connectivity index (χ2v) is 6.88. The van der Waals surface area contributed by atoms with Crippen LogP contribution in [0.2, 0.25) is 0 Å². The summed E-state index contributed by atoms with van der Waals surface area (Å²) in [4.78, 5) is 0. The van der Waals surface area contributed by atoms with Crippen LogP contribution in [0, 0.1) is 23.7 Å². The highest BCUT2D eigenvalue weighted by Gasteiger charge is 2.34. The lowest BCUT2D eigenvalue weighted by Gasteiger charge is -2.41. The summed E-state index contributed by atoms with van der Waals surface area (Å²) in [6.45, 7) is 10.2. The molecule has 2 nitrogen and oxygen atoms in total. The van der Waals surface area contributed by atoms with E-state index in [9.17, 15) is 0 Å². The van der Waals surface area contributed by atoms with Gasteiger partial charge in [0, 0.05) is 19.3 Å². The first-order valence-corrected chi connectivity index (χ1v) is 7.98. The number of hydrogen-bond donors (Lipinski definition) is 1. The Morgan fingerprint density at radius 3 is 2.72 bits per heavy atom. The zero-order valence-electron chi connectivity index (χ0n) is 12.5. The number of hydrogen-bond acceptors (Lipinski definition) is 2. The molecular formula is C16H31NO. The quantitative estimate of drug-likeness (QED) is 0.828. The average molecular weight is 253 g/mol. The maximum Gasteiger partial charge on any atom is 0.0497 e. The predicted molar refractivity (Wildman–Crippen MR) is 76.7 cm³/mol. The molecular weight excluding hydrogens is 222 g/mol. The molecule has 1 aliphatic heterocycles. The molecule has 106 valence electrons. The highest BCUT2D eigenvalue weighted by molar-refractivity contribution is 4.85. The minimum atomic E-state index is 0.618. The highest BCUT2D eigenvalue weighted by Crippen LogP contribution is 2.40. The van der Waals surface area contributed by atoms with Crippen LogP contribution in [0.5, 0.6) is 0 Å². The third-order valence-corrected chi connectivity index (χ3v) is 4.90. The Kier molecular flexibility index (Phi) is 5.50. The van der Waals surface area contributed by atoms with Gasteiger partial charge in [-0.1, -0.05) is 27.2 Å². The van der Waals surface area contributed by atoms with E-state index in [0.717, 1.165) is 36.9 Å². The Hall–Kier alpha value is -0.0800. The minimum absolute atomic E-state index is 0.618. The Morgan fingerprint density at radius 2 is 2.06 bits per heavy atom. The summed E-state index contributed by atoms with van der Waals surface area (Å²) < 4.78 is 5.72. The molecule has 0 amide bonds. The lowest BCUT2D eigenvalue weighted by atomic mass is 9.68. The normalized spacial score (nSPS) is 38.0. The fourth-order valence-electron chi connectivity index (χ4n) is 3.81. The lowest BCUT2D eigenvalue weighted by Crippen LogP contribution is -2.40. The fourth-order valence-corrected chi connectivity index (χ4v) is 3.81. The first-order chi connectivity index (χ1) is 8.66. The van der Waals surface area contributed by atoms with Gasteiger partial charge in [-0.15, -0.1) is 0 Å². The van der Waals surface area contributed by atoms with Crippen LogP contribution in [0.4, 0.5) is 0 Å². The van der Waals surface area contributed by atoms with Crippen LogP contribution in [0.3, 0.4) is 0 Å². The molecule has 1 heterocycles. The second-order valence-electron chi connectivity index (χ2n) is 6.88. The summed E-state index contributed by atoms with van der Waals surface area (Å²) in [5.74, 6) is 3.54. The molecule has 1 saturated heterocycles. The van der Waals surface area contributed by atoms with Crippen molar-refractivity contribution in [2.45, 2.75) is 58.9 Å². The van der Waals surface area contributed by atoms with E-state index in [-0.39, 0.29) is 0 Å². The molecule has 0 aromatic heterocycles. The van der Waals surface area contributed by atoms with Gasteiger partial charge in [0.25, 0.3) is 0 Å². The third kappa shape index (κ3) is 3.96. The summed E-state index contributed by atoms with van der Waals surface area (Å²) in [5, 5.41) is 3.66. The molecule has 1 N–H and O–H groups in total. The Morgan fingerprint density at radius 1 is 1.22 bits per heavy atom. The Labute approximate surface area is 113 Å². The summed E-state index contributed by atoms with van der Waals surface area (Å²) in [5.41, 5.74) is 0. The van der Waals surface area contributed by atoms with Crippen molar-refractivity contribution in [3.63, 3.8) is 0 Å². The Bertz CT molecular complexity index is 235. The minimum Gasteiger partial charge on any atom is -0.381 e. The van der Waals surface area contributed by atoms with Gasteiger partial charge in [-0.2, -0.15) is 0 Å². The van der Waals surface area contributed by atoms with Gasteiger partial charge in [-0.25, -0.2) is 0 Å². The third-order valence-electron chi connectivity index (χ3n) is 4.90. The van der Waals surface area contributed by atoms with E-state index in [1.165, 1.54) is 38.6 Å². The van der Waals surface area contributed by atoms with Crippen molar-refractivity contribution in [2.24, 2.45) is 23.7 Å². The first kappa shape index (κ1) is 14.3. The largest absolute Gasteiger partial charge is 0.381 e. The smallest absolute Gasteiger partial charge is 0.0497 e. The van der Waals surface area contributed by atoms with E-state index in [0.29, 0.717) is 6.04 Å². The van der Waals surface area contributed by atoms with E-state index in [1.54, 1.807) is 0 Å². The molecule has 2 aliphatic rings. The van der Waals surface area contributed by atoms with Crippen LogP contribution < -0.4 is 5.32 Å². The standard InChI is InChI=1S/C16H31NO/c1-12(2)17-10-14-7-6-13(3)9-16(14)15-5-4-8-18-11-15/h12-17H,4-11H2,1-3H3. The van der Waals surface area contributed by atoms with Gasteiger partial charge in [0.2, 0.25) is 0 Å². The van der Waals surface area contributed by atoms with E-state index < -0.39 is 0 Å². The van der Waals surface area contributed by atoms with Crippen LogP contribution in [0.15, 0.2) is 0 Å². The predicted octanol–water partition coefficient (Wildman–Crippen LogP) is 3.46. The molecule has 0 aromatic carbocycles. The van der Waals surface area contributed by atoms with Crippen molar-refractivity contribution in [3.8, 4) is 0 Å². The van der Waals surface area contributed by atoms with Gasteiger partial charge in [0.05, 0.1) is 0 Å². The summed E-state index contributed by atoms with van der Waals surface area (Å²) in [6, 6.07) is 0.618. The Balaban J connectivity index is 1.91. The molecule has 2 rings (SSSR count). The van der Waals surface area contributed by atoms with Gasteiger partial charge in [-0.3, -0.25) is 0 Å². The molecule has 0 radical (unpaired) electrons. The van der Waals surface area contributed by atoms with Crippen LogP contribution in [-0.4, -0.2) is 25.8 Å². The topological polar surface area (TPSA) is 21.3 Å². The highest BCUT2D eigenvalue weighted by atomic mass is 16.5. The molecule has 18 heavy (non-hydrogen) atoms. The van der Waals surface area contributed by atoms with Gasteiger partial charge in [0.15, 0.2) is 0 Å².